The maximum absolute atomic E-state index is 11.6. The third-order valence-corrected chi connectivity index (χ3v) is 2.80. The van der Waals surface area contributed by atoms with Crippen LogP contribution >= 0.6 is 0 Å². The second-order valence-electron chi connectivity index (χ2n) is 4.28. The molecule has 0 bridgehead atoms. The van der Waals surface area contributed by atoms with E-state index in [0.29, 0.717) is 23.3 Å². The summed E-state index contributed by atoms with van der Waals surface area (Å²) in [5, 5.41) is 21.1. The average molecular weight is 291 g/mol. The molecule has 0 spiro atoms. The zero-order valence-electron chi connectivity index (χ0n) is 11.0. The molecule has 21 heavy (non-hydrogen) atoms. The lowest BCUT2D eigenvalue weighted by Gasteiger charge is -2.00. The summed E-state index contributed by atoms with van der Waals surface area (Å²) in [5.74, 6) is 0. The minimum atomic E-state index is -0.229. The van der Waals surface area contributed by atoms with Gasteiger partial charge in [-0.15, -0.1) is 5.10 Å². The standard InChI is InChI=1S/C11H13N7O3/c19-1-2-21-7-17-4-8(15-16-17)5-18-10-9(3-14-18)11(20)13-6-12-10/h3-4,6,19H,1-2,5,7H2,(H,12,13,20). The molecule has 0 unspecified atom stereocenters. The molecule has 0 aromatic carbocycles. The van der Waals surface area contributed by atoms with E-state index in [2.05, 4.69) is 25.4 Å². The van der Waals surface area contributed by atoms with E-state index in [4.69, 9.17) is 9.84 Å². The first-order valence-electron chi connectivity index (χ1n) is 6.25. The Hall–Kier alpha value is -2.59. The Morgan fingerprint density at radius 1 is 1.43 bits per heavy atom. The van der Waals surface area contributed by atoms with Gasteiger partial charge in [0.15, 0.2) is 5.65 Å². The van der Waals surface area contributed by atoms with Crippen molar-refractivity contribution in [3.63, 3.8) is 0 Å². The molecule has 10 heteroatoms. The van der Waals surface area contributed by atoms with Crippen LogP contribution in [0.4, 0.5) is 0 Å². The SMILES string of the molecule is O=c1[nH]cnc2c1cnn2Cc1cn(COCCO)nn1. The van der Waals surface area contributed by atoms with Crippen molar-refractivity contribution in [2.75, 3.05) is 13.2 Å². The molecule has 110 valence electrons. The predicted molar refractivity (Wildman–Crippen MR) is 70.3 cm³/mol. The van der Waals surface area contributed by atoms with E-state index in [9.17, 15) is 4.79 Å². The minimum absolute atomic E-state index is 0.0406. The molecule has 10 nitrogen and oxygen atoms in total. The van der Waals surface area contributed by atoms with Gasteiger partial charge in [-0.25, -0.2) is 14.3 Å². The molecule has 0 aliphatic rings. The number of rotatable bonds is 6. The van der Waals surface area contributed by atoms with Gasteiger partial charge in [-0.1, -0.05) is 5.21 Å². The van der Waals surface area contributed by atoms with Gasteiger partial charge in [0.25, 0.3) is 5.56 Å². The van der Waals surface area contributed by atoms with Gasteiger partial charge in [0, 0.05) is 0 Å². The number of fused-ring (bicyclic) bond motifs is 1. The van der Waals surface area contributed by atoms with Gasteiger partial charge in [0.1, 0.15) is 17.8 Å². The van der Waals surface area contributed by atoms with Gasteiger partial charge in [-0.2, -0.15) is 5.10 Å². The quantitative estimate of drug-likeness (QED) is 0.542. The van der Waals surface area contributed by atoms with Gasteiger partial charge in [0.2, 0.25) is 0 Å². The lowest BCUT2D eigenvalue weighted by Crippen LogP contribution is -2.08. The van der Waals surface area contributed by atoms with Gasteiger partial charge in [0.05, 0.1) is 38.5 Å². The molecule has 0 atom stereocenters. The van der Waals surface area contributed by atoms with Crippen molar-refractivity contribution in [3.8, 4) is 0 Å². The van der Waals surface area contributed by atoms with E-state index in [1.165, 1.54) is 17.2 Å². The molecule has 3 aromatic rings. The molecular formula is C11H13N7O3. The maximum Gasteiger partial charge on any atom is 0.261 e. The Morgan fingerprint density at radius 2 is 2.33 bits per heavy atom. The summed E-state index contributed by atoms with van der Waals surface area (Å²) in [7, 11) is 0. The zero-order chi connectivity index (χ0) is 14.7. The summed E-state index contributed by atoms with van der Waals surface area (Å²) < 4.78 is 8.22. The molecule has 0 saturated heterocycles. The predicted octanol–water partition coefficient (Wildman–Crippen LogP) is -1.27. The van der Waals surface area contributed by atoms with Crippen LogP contribution in [0.5, 0.6) is 0 Å². The van der Waals surface area contributed by atoms with E-state index < -0.39 is 0 Å². The fraction of sp³-hybridized carbons (Fsp3) is 0.364. The fourth-order valence-electron chi connectivity index (χ4n) is 1.87. The largest absolute Gasteiger partial charge is 0.394 e. The molecule has 0 amide bonds. The molecule has 0 saturated carbocycles. The van der Waals surface area contributed by atoms with Crippen molar-refractivity contribution in [2.24, 2.45) is 0 Å². The van der Waals surface area contributed by atoms with E-state index >= 15 is 0 Å². The third-order valence-electron chi connectivity index (χ3n) is 2.80. The van der Waals surface area contributed by atoms with Crippen LogP contribution in [0.1, 0.15) is 5.69 Å². The first-order valence-corrected chi connectivity index (χ1v) is 6.25. The summed E-state index contributed by atoms with van der Waals surface area (Å²) in [6, 6.07) is 0. The van der Waals surface area contributed by atoms with Gasteiger partial charge < -0.3 is 14.8 Å². The van der Waals surface area contributed by atoms with Crippen LogP contribution in [0, 0.1) is 0 Å². The van der Waals surface area contributed by atoms with Crippen molar-refractivity contribution < 1.29 is 9.84 Å². The molecule has 0 aliphatic heterocycles. The molecule has 0 aliphatic carbocycles. The summed E-state index contributed by atoms with van der Waals surface area (Å²) in [6.07, 6.45) is 4.51. The van der Waals surface area contributed by atoms with Crippen LogP contribution in [-0.4, -0.2) is 53.1 Å². The Labute approximate surface area is 118 Å². The molecule has 0 radical (unpaired) electrons. The van der Waals surface area contributed by atoms with Crippen LogP contribution in [0.25, 0.3) is 11.0 Å². The zero-order valence-corrected chi connectivity index (χ0v) is 11.0. The Balaban J connectivity index is 1.76. The Bertz CT molecular complexity index is 790. The van der Waals surface area contributed by atoms with Crippen molar-refractivity contribution in [1.29, 1.82) is 0 Å². The van der Waals surface area contributed by atoms with E-state index in [-0.39, 0.29) is 25.5 Å². The third kappa shape index (κ3) is 2.80. The molecule has 0 fully saturated rings. The maximum atomic E-state index is 11.6. The number of H-pyrrole nitrogens is 1. The normalized spacial score (nSPS) is 11.3. The number of nitrogens with zero attached hydrogens (tertiary/aromatic N) is 6. The second-order valence-corrected chi connectivity index (χ2v) is 4.28. The van der Waals surface area contributed by atoms with Gasteiger partial charge >= 0.3 is 0 Å². The number of hydrogen-bond acceptors (Lipinski definition) is 7. The highest BCUT2D eigenvalue weighted by Gasteiger charge is 2.09. The summed E-state index contributed by atoms with van der Waals surface area (Å²) >= 11 is 0. The number of aliphatic hydroxyl groups is 1. The summed E-state index contributed by atoms with van der Waals surface area (Å²) in [4.78, 5) is 18.2. The first-order chi connectivity index (χ1) is 10.3. The van der Waals surface area contributed by atoms with Crippen LogP contribution < -0.4 is 5.56 Å². The number of ether oxygens (including phenoxy) is 1. The summed E-state index contributed by atoms with van der Waals surface area (Å²) in [6.45, 7) is 0.762. The monoisotopic (exact) mass is 291 g/mol. The highest BCUT2D eigenvalue weighted by atomic mass is 16.5. The molecule has 3 heterocycles. The molecule has 3 rings (SSSR count). The molecule has 2 N–H and O–H groups in total. The van der Waals surface area contributed by atoms with Gasteiger partial charge in [-0.05, 0) is 0 Å². The first kappa shape index (κ1) is 13.4. The number of aromatic nitrogens is 7. The van der Waals surface area contributed by atoms with Crippen LogP contribution in [-0.2, 0) is 18.0 Å². The van der Waals surface area contributed by atoms with Gasteiger partial charge in [-0.3, -0.25) is 4.79 Å². The number of nitrogens with one attached hydrogen (secondary N) is 1. The number of aromatic amines is 1. The van der Waals surface area contributed by atoms with Crippen LogP contribution in [0.2, 0.25) is 0 Å². The van der Waals surface area contributed by atoms with Crippen molar-refractivity contribution >= 4 is 11.0 Å². The highest BCUT2D eigenvalue weighted by Crippen LogP contribution is 2.06. The fourth-order valence-corrected chi connectivity index (χ4v) is 1.87. The molecule has 3 aromatic heterocycles. The van der Waals surface area contributed by atoms with Crippen LogP contribution in [0.3, 0.4) is 0 Å². The average Bonchev–Trinajstić information content (AvgIpc) is 3.09. The van der Waals surface area contributed by atoms with Crippen molar-refractivity contribution in [1.82, 2.24) is 34.7 Å². The molecular weight excluding hydrogens is 278 g/mol. The lowest BCUT2D eigenvalue weighted by molar-refractivity contribution is 0.0409. The van der Waals surface area contributed by atoms with Crippen LogP contribution in [0.15, 0.2) is 23.5 Å². The Morgan fingerprint density at radius 3 is 3.19 bits per heavy atom. The topological polar surface area (TPSA) is 124 Å². The van der Waals surface area contributed by atoms with E-state index in [1.807, 2.05) is 0 Å². The van der Waals surface area contributed by atoms with E-state index in [1.54, 1.807) is 10.9 Å². The highest BCUT2D eigenvalue weighted by molar-refractivity contribution is 5.72. The lowest BCUT2D eigenvalue weighted by atomic mass is 10.4. The Kier molecular flexibility index (Phi) is 3.71. The van der Waals surface area contributed by atoms with Crippen molar-refractivity contribution in [3.05, 3.63) is 34.8 Å². The number of aliphatic hydroxyl groups excluding tert-OH is 1. The smallest absolute Gasteiger partial charge is 0.261 e. The second kappa shape index (κ2) is 5.81. The van der Waals surface area contributed by atoms with Crippen molar-refractivity contribution in [2.45, 2.75) is 13.3 Å². The minimum Gasteiger partial charge on any atom is -0.394 e. The summed E-state index contributed by atoms with van der Waals surface area (Å²) in [5.41, 5.74) is 0.923. The number of hydrogen-bond donors (Lipinski definition) is 2. The van der Waals surface area contributed by atoms with E-state index in [0.717, 1.165) is 0 Å².